The number of anilines is 1. The van der Waals surface area contributed by atoms with Crippen molar-refractivity contribution in [3.05, 3.63) is 33.1 Å². The summed E-state index contributed by atoms with van der Waals surface area (Å²) in [7, 11) is 1.54. The number of hydrogen-bond donors (Lipinski definition) is 2. The van der Waals surface area contributed by atoms with Gasteiger partial charge >= 0.3 is 5.69 Å². The molecular formula is C13H15N5O3. The zero-order valence-corrected chi connectivity index (χ0v) is 11.5. The molecule has 0 aromatic carbocycles. The molecule has 3 heterocycles. The van der Waals surface area contributed by atoms with Gasteiger partial charge in [0.2, 0.25) is 0 Å². The van der Waals surface area contributed by atoms with E-state index in [0.29, 0.717) is 11.6 Å². The van der Waals surface area contributed by atoms with Crippen molar-refractivity contribution in [3.8, 4) is 17.1 Å². The number of aromatic amines is 2. The van der Waals surface area contributed by atoms with Gasteiger partial charge in [0.15, 0.2) is 0 Å². The number of rotatable bonds is 3. The van der Waals surface area contributed by atoms with E-state index in [1.54, 1.807) is 6.07 Å². The molecule has 0 amide bonds. The van der Waals surface area contributed by atoms with Crippen LogP contribution in [0.15, 0.2) is 21.9 Å². The molecule has 1 saturated heterocycles. The topological polar surface area (TPSA) is 104 Å². The molecule has 0 aliphatic carbocycles. The second-order valence-electron chi connectivity index (χ2n) is 4.80. The van der Waals surface area contributed by atoms with E-state index in [1.165, 1.54) is 13.3 Å². The van der Waals surface area contributed by atoms with E-state index in [2.05, 4.69) is 25.1 Å². The van der Waals surface area contributed by atoms with E-state index in [9.17, 15) is 9.59 Å². The lowest BCUT2D eigenvalue weighted by Crippen LogP contribution is -2.23. The Labute approximate surface area is 119 Å². The standard InChI is InChI=1S/C13H15N5O3/c1-21-12-10(18-4-2-3-5-18)6-9(16-17-12)8-7-14-13(20)15-11(8)19/h6-7H,2-5H2,1H3,(H2,14,15,19,20). The molecule has 8 nitrogen and oxygen atoms in total. The second kappa shape index (κ2) is 5.39. The zero-order chi connectivity index (χ0) is 14.8. The Morgan fingerprint density at radius 2 is 2.00 bits per heavy atom. The largest absolute Gasteiger partial charge is 0.478 e. The molecule has 3 rings (SSSR count). The minimum absolute atomic E-state index is 0.269. The van der Waals surface area contributed by atoms with Crippen molar-refractivity contribution in [1.82, 2.24) is 20.2 Å². The number of H-pyrrole nitrogens is 2. The van der Waals surface area contributed by atoms with Crippen molar-refractivity contribution in [2.75, 3.05) is 25.1 Å². The molecule has 0 spiro atoms. The van der Waals surface area contributed by atoms with Gasteiger partial charge in [0, 0.05) is 19.3 Å². The number of methoxy groups -OCH3 is 1. The minimum Gasteiger partial charge on any atom is -0.478 e. The third-order valence-corrected chi connectivity index (χ3v) is 3.48. The molecule has 0 radical (unpaired) electrons. The van der Waals surface area contributed by atoms with Crippen LogP contribution in [0.25, 0.3) is 11.3 Å². The summed E-state index contributed by atoms with van der Waals surface area (Å²) in [5, 5.41) is 8.02. The summed E-state index contributed by atoms with van der Waals surface area (Å²) in [6, 6.07) is 1.76. The van der Waals surface area contributed by atoms with E-state index in [0.717, 1.165) is 31.6 Å². The molecule has 0 unspecified atom stereocenters. The van der Waals surface area contributed by atoms with E-state index >= 15 is 0 Å². The SMILES string of the molecule is COc1nnc(-c2c[nH]c(=O)[nH]c2=O)cc1N1CCCC1. The quantitative estimate of drug-likeness (QED) is 0.832. The van der Waals surface area contributed by atoms with Crippen LogP contribution in [0.5, 0.6) is 5.88 Å². The minimum atomic E-state index is -0.551. The van der Waals surface area contributed by atoms with E-state index in [1.807, 2.05) is 0 Å². The first-order chi connectivity index (χ1) is 10.2. The smallest absolute Gasteiger partial charge is 0.325 e. The van der Waals surface area contributed by atoms with E-state index in [-0.39, 0.29) is 5.56 Å². The van der Waals surface area contributed by atoms with Gasteiger partial charge in [-0.15, -0.1) is 10.2 Å². The van der Waals surface area contributed by atoms with Crippen molar-refractivity contribution in [2.24, 2.45) is 0 Å². The molecule has 0 atom stereocenters. The summed E-state index contributed by atoms with van der Waals surface area (Å²) < 4.78 is 5.24. The lowest BCUT2D eigenvalue weighted by Gasteiger charge is -2.19. The number of hydrogen-bond acceptors (Lipinski definition) is 6. The van der Waals surface area contributed by atoms with Crippen LogP contribution in [0.4, 0.5) is 5.69 Å². The third-order valence-electron chi connectivity index (χ3n) is 3.48. The van der Waals surface area contributed by atoms with Crippen LogP contribution in [0, 0.1) is 0 Å². The normalized spacial score (nSPS) is 14.4. The summed E-state index contributed by atoms with van der Waals surface area (Å²) in [5.74, 6) is 0.432. The fourth-order valence-electron chi connectivity index (χ4n) is 2.43. The molecule has 0 saturated carbocycles. The van der Waals surface area contributed by atoms with Crippen LogP contribution in [-0.2, 0) is 0 Å². The lowest BCUT2D eigenvalue weighted by molar-refractivity contribution is 0.392. The van der Waals surface area contributed by atoms with Crippen molar-refractivity contribution in [1.29, 1.82) is 0 Å². The first kappa shape index (κ1) is 13.3. The van der Waals surface area contributed by atoms with Crippen LogP contribution < -0.4 is 20.9 Å². The summed E-state index contributed by atoms with van der Waals surface area (Å²) in [6.07, 6.45) is 3.56. The zero-order valence-electron chi connectivity index (χ0n) is 11.5. The molecule has 8 heteroatoms. The third kappa shape index (κ3) is 2.51. The van der Waals surface area contributed by atoms with Crippen LogP contribution in [0.3, 0.4) is 0 Å². The van der Waals surface area contributed by atoms with Crippen LogP contribution in [0.1, 0.15) is 12.8 Å². The molecule has 2 N–H and O–H groups in total. The maximum atomic E-state index is 11.8. The van der Waals surface area contributed by atoms with Crippen LogP contribution in [-0.4, -0.2) is 40.4 Å². The van der Waals surface area contributed by atoms with Gasteiger partial charge in [-0.25, -0.2) is 4.79 Å². The average Bonchev–Trinajstić information content (AvgIpc) is 3.01. The Morgan fingerprint density at radius 1 is 1.24 bits per heavy atom. The number of nitrogens with zero attached hydrogens (tertiary/aromatic N) is 3. The van der Waals surface area contributed by atoms with Gasteiger partial charge in [-0.05, 0) is 18.9 Å². The van der Waals surface area contributed by atoms with Gasteiger partial charge in [0.05, 0.1) is 12.7 Å². The highest BCUT2D eigenvalue weighted by atomic mass is 16.5. The number of ether oxygens (including phenoxy) is 1. The second-order valence-corrected chi connectivity index (χ2v) is 4.80. The Morgan fingerprint density at radius 3 is 2.67 bits per heavy atom. The van der Waals surface area contributed by atoms with Crippen LogP contribution in [0.2, 0.25) is 0 Å². The maximum Gasteiger partial charge on any atom is 0.325 e. The molecule has 0 bridgehead atoms. The first-order valence-electron chi connectivity index (χ1n) is 6.68. The van der Waals surface area contributed by atoms with Gasteiger partial charge in [0.25, 0.3) is 11.4 Å². The molecule has 21 heavy (non-hydrogen) atoms. The summed E-state index contributed by atoms with van der Waals surface area (Å²) in [5.41, 5.74) is 0.432. The van der Waals surface area contributed by atoms with Gasteiger partial charge < -0.3 is 14.6 Å². The summed E-state index contributed by atoms with van der Waals surface area (Å²) >= 11 is 0. The van der Waals surface area contributed by atoms with Gasteiger partial charge in [-0.1, -0.05) is 0 Å². The monoisotopic (exact) mass is 289 g/mol. The highest BCUT2D eigenvalue weighted by Crippen LogP contribution is 2.30. The van der Waals surface area contributed by atoms with Gasteiger partial charge in [0.1, 0.15) is 11.4 Å². The van der Waals surface area contributed by atoms with Gasteiger partial charge in [-0.3, -0.25) is 9.78 Å². The highest BCUT2D eigenvalue weighted by molar-refractivity contribution is 5.66. The Kier molecular flexibility index (Phi) is 3.43. The Balaban J connectivity index is 2.09. The van der Waals surface area contributed by atoms with E-state index in [4.69, 9.17) is 4.74 Å². The molecule has 1 fully saturated rings. The fourth-order valence-corrected chi connectivity index (χ4v) is 2.43. The summed E-state index contributed by atoms with van der Waals surface area (Å²) in [4.78, 5) is 29.7. The van der Waals surface area contributed by atoms with E-state index < -0.39 is 11.2 Å². The molecule has 1 aliphatic heterocycles. The maximum absolute atomic E-state index is 11.8. The fraction of sp³-hybridized carbons (Fsp3) is 0.385. The molecular weight excluding hydrogens is 274 g/mol. The number of nitrogens with one attached hydrogen (secondary N) is 2. The predicted molar refractivity (Wildman–Crippen MR) is 76.7 cm³/mol. The van der Waals surface area contributed by atoms with Crippen molar-refractivity contribution in [3.63, 3.8) is 0 Å². The van der Waals surface area contributed by atoms with Crippen molar-refractivity contribution < 1.29 is 4.74 Å². The average molecular weight is 289 g/mol. The molecule has 110 valence electrons. The van der Waals surface area contributed by atoms with Crippen LogP contribution >= 0.6 is 0 Å². The molecule has 1 aliphatic rings. The lowest BCUT2D eigenvalue weighted by atomic mass is 10.2. The molecule has 2 aromatic rings. The van der Waals surface area contributed by atoms with Gasteiger partial charge in [-0.2, -0.15) is 0 Å². The Hall–Kier alpha value is -2.64. The highest BCUT2D eigenvalue weighted by Gasteiger charge is 2.19. The Bertz CT molecular complexity index is 761. The first-order valence-corrected chi connectivity index (χ1v) is 6.68. The number of aromatic nitrogens is 4. The summed E-state index contributed by atoms with van der Waals surface area (Å²) in [6.45, 7) is 1.84. The molecule has 2 aromatic heterocycles. The predicted octanol–water partition coefficient (Wildman–Crippen LogP) is 0.129. The van der Waals surface area contributed by atoms with Crippen molar-refractivity contribution >= 4 is 5.69 Å². The van der Waals surface area contributed by atoms with Crippen molar-refractivity contribution in [2.45, 2.75) is 12.8 Å².